The smallest absolute Gasteiger partial charge is 0.230 e. The lowest BCUT2D eigenvalue weighted by Gasteiger charge is -2.34. The molecule has 1 aliphatic rings. The van der Waals surface area contributed by atoms with Crippen molar-refractivity contribution in [3.63, 3.8) is 0 Å². The van der Waals surface area contributed by atoms with Gasteiger partial charge in [-0.2, -0.15) is 0 Å². The summed E-state index contributed by atoms with van der Waals surface area (Å²) in [6.07, 6.45) is 0.182. The summed E-state index contributed by atoms with van der Waals surface area (Å²) in [4.78, 5) is 21.9. The summed E-state index contributed by atoms with van der Waals surface area (Å²) in [5.74, 6) is 1.12. The third-order valence-electron chi connectivity index (χ3n) is 5.59. The first kappa shape index (κ1) is 20.2. The second-order valence-electron chi connectivity index (χ2n) is 7.90. The topological polar surface area (TPSA) is 61.6 Å². The number of rotatable bonds is 5. The maximum absolute atomic E-state index is 12.6. The number of amides is 1. The maximum atomic E-state index is 12.6. The highest BCUT2D eigenvalue weighted by atomic mass is 16.4. The first-order valence-electron chi connectivity index (χ1n) is 10.4. The Kier molecular flexibility index (Phi) is 5.86. The first-order chi connectivity index (χ1) is 14.5. The van der Waals surface area contributed by atoms with Crippen LogP contribution in [0.1, 0.15) is 17.0 Å². The molecule has 6 nitrogen and oxygen atoms in total. The van der Waals surface area contributed by atoms with Gasteiger partial charge in [0, 0.05) is 43.1 Å². The predicted molar refractivity (Wildman–Crippen MR) is 120 cm³/mol. The van der Waals surface area contributed by atoms with Crippen LogP contribution < -0.4 is 10.2 Å². The highest BCUT2D eigenvalue weighted by Crippen LogP contribution is 2.25. The molecule has 4 rings (SSSR count). The van der Waals surface area contributed by atoms with E-state index in [1.807, 2.05) is 50.2 Å². The number of aryl methyl sites for hydroxylation is 2. The number of carbonyl (C=O) groups excluding carboxylic acids is 1. The summed E-state index contributed by atoms with van der Waals surface area (Å²) in [5.41, 5.74) is 4.67. The van der Waals surface area contributed by atoms with Crippen LogP contribution in [0.25, 0.3) is 11.5 Å². The van der Waals surface area contributed by atoms with Crippen molar-refractivity contribution in [3.05, 3.63) is 65.5 Å². The SMILES string of the molecule is Cc1cc(N2CCN(C)CC2)ccc1NC(=O)Cc1nc(-c2ccccc2)oc1C. The van der Waals surface area contributed by atoms with Gasteiger partial charge >= 0.3 is 0 Å². The summed E-state index contributed by atoms with van der Waals surface area (Å²) in [6, 6.07) is 15.9. The van der Waals surface area contributed by atoms with Crippen molar-refractivity contribution in [2.75, 3.05) is 43.4 Å². The third kappa shape index (κ3) is 4.54. The average Bonchev–Trinajstić information content (AvgIpc) is 3.11. The van der Waals surface area contributed by atoms with Crippen LogP contribution >= 0.6 is 0 Å². The molecule has 1 fully saturated rings. The largest absolute Gasteiger partial charge is 0.441 e. The number of likely N-dealkylation sites (N-methyl/N-ethyl adjacent to an activating group) is 1. The molecule has 0 unspecified atom stereocenters. The average molecular weight is 405 g/mol. The Morgan fingerprint density at radius 1 is 1.07 bits per heavy atom. The van der Waals surface area contributed by atoms with Crippen molar-refractivity contribution in [3.8, 4) is 11.5 Å². The van der Waals surface area contributed by atoms with Gasteiger partial charge in [0.15, 0.2) is 0 Å². The van der Waals surface area contributed by atoms with Crippen LogP contribution in [-0.4, -0.2) is 49.0 Å². The highest BCUT2D eigenvalue weighted by molar-refractivity contribution is 5.93. The number of aromatic nitrogens is 1. The van der Waals surface area contributed by atoms with Crippen LogP contribution in [0.4, 0.5) is 11.4 Å². The van der Waals surface area contributed by atoms with Gasteiger partial charge < -0.3 is 19.5 Å². The summed E-state index contributed by atoms with van der Waals surface area (Å²) in [6.45, 7) is 8.06. The Bertz CT molecular complexity index is 1020. The Hall–Kier alpha value is -3.12. The number of hydrogen-bond acceptors (Lipinski definition) is 5. The number of anilines is 2. The minimum atomic E-state index is -0.0959. The van der Waals surface area contributed by atoms with Gasteiger partial charge in [0.1, 0.15) is 5.76 Å². The molecule has 1 amide bonds. The van der Waals surface area contributed by atoms with E-state index in [4.69, 9.17) is 4.42 Å². The summed E-state index contributed by atoms with van der Waals surface area (Å²) < 4.78 is 5.77. The van der Waals surface area contributed by atoms with Crippen LogP contribution in [0, 0.1) is 13.8 Å². The van der Waals surface area contributed by atoms with Crippen molar-refractivity contribution in [1.29, 1.82) is 0 Å². The highest BCUT2D eigenvalue weighted by Gasteiger charge is 2.17. The zero-order valence-electron chi connectivity index (χ0n) is 17.8. The summed E-state index contributed by atoms with van der Waals surface area (Å²) in [7, 11) is 2.15. The number of benzene rings is 2. The molecule has 1 aliphatic heterocycles. The summed E-state index contributed by atoms with van der Waals surface area (Å²) in [5, 5.41) is 3.02. The zero-order valence-corrected chi connectivity index (χ0v) is 17.8. The van der Waals surface area contributed by atoms with Gasteiger partial charge in [-0.25, -0.2) is 4.98 Å². The quantitative estimate of drug-likeness (QED) is 0.699. The van der Waals surface area contributed by atoms with Crippen LogP contribution in [0.3, 0.4) is 0 Å². The van der Waals surface area contributed by atoms with Crippen molar-refractivity contribution in [2.24, 2.45) is 0 Å². The molecule has 0 saturated carbocycles. The van der Waals surface area contributed by atoms with Crippen molar-refractivity contribution in [1.82, 2.24) is 9.88 Å². The van der Waals surface area contributed by atoms with E-state index in [0.717, 1.165) is 43.0 Å². The van der Waals surface area contributed by atoms with Gasteiger partial charge in [-0.15, -0.1) is 0 Å². The van der Waals surface area contributed by atoms with Crippen LogP contribution in [0.2, 0.25) is 0 Å². The molecular weight excluding hydrogens is 376 g/mol. The third-order valence-corrected chi connectivity index (χ3v) is 5.59. The first-order valence-corrected chi connectivity index (χ1v) is 10.4. The number of carbonyl (C=O) groups is 1. The van der Waals surface area contributed by atoms with E-state index in [1.165, 1.54) is 5.69 Å². The zero-order chi connectivity index (χ0) is 21.1. The van der Waals surface area contributed by atoms with Gasteiger partial charge in [0.05, 0.1) is 12.1 Å². The molecule has 6 heteroatoms. The molecular formula is C24H28N4O2. The molecule has 1 N–H and O–H groups in total. The van der Waals surface area contributed by atoms with Crippen molar-refractivity contribution in [2.45, 2.75) is 20.3 Å². The minimum absolute atomic E-state index is 0.0959. The maximum Gasteiger partial charge on any atom is 0.230 e. The lowest BCUT2D eigenvalue weighted by molar-refractivity contribution is -0.115. The lowest BCUT2D eigenvalue weighted by Crippen LogP contribution is -2.44. The second kappa shape index (κ2) is 8.71. The second-order valence-corrected chi connectivity index (χ2v) is 7.90. The Morgan fingerprint density at radius 2 is 1.80 bits per heavy atom. The van der Waals surface area contributed by atoms with Gasteiger partial charge in [-0.1, -0.05) is 18.2 Å². The minimum Gasteiger partial charge on any atom is -0.441 e. The van der Waals surface area contributed by atoms with Gasteiger partial charge in [0.2, 0.25) is 11.8 Å². The number of hydrogen-bond donors (Lipinski definition) is 1. The molecule has 0 aliphatic carbocycles. The van der Waals surface area contributed by atoms with E-state index in [1.54, 1.807) is 0 Å². The molecule has 2 heterocycles. The van der Waals surface area contributed by atoms with Gasteiger partial charge in [0.25, 0.3) is 0 Å². The molecule has 3 aromatic rings. The molecule has 30 heavy (non-hydrogen) atoms. The van der Waals surface area contributed by atoms with E-state index < -0.39 is 0 Å². The molecule has 0 atom stereocenters. The van der Waals surface area contributed by atoms with E-state index in [0.29, 0.717) is 17.3 Å². The Morgan fingerprint density at radius 3 is 2.50 bits per heavy atom. The van der Waals surface area contributed by atoms with E-state index in [-0.39, 0.29) is 12.3 Å². The number of piperazine rings is 1. The molecule has 2 aromatic carbocycles. The van der Waals surface area contributed by atoms with Gasteiger partial charge in [-0.05, 0) is 56.8 Å². The fourth-order valence-electron chi connectivity index (χ4n) is 3.69. The molecule has 1 saturated heterocycles. The number of oxazole rings is 1. The Balaban J connectivity index is 1.41. The van der Waals surface area contributed by atoms with Crippen LogP contribution in [-0.2, 0) is 11.2 Å². The predicted octanol–water partition coefficient (Wildman–Crippen LogP) is 3.89. The monoisotopic (exact) mass is 404 g/mol. The van der Waals surface area contributed by atoms with Gasteiger partial charge in [-0.3, -0.25) is 4.79 Å². The molecule has 156 valence electrons. The summed E-state index contributed by atoms with van der Waals surface area (Å²) >= 11 is 0. The lowest BCUT2D eigenvalue weighted by atomic mass is 10.1. The Labute approximate surface area is 177 Å². The molecule has 0 spiro atoms. The number of nitrogens with one attached hydrogen (secondary N) is 1. The fourth-order valence-corrected chi connectivity index (χ4v) is 3.69. The van der Waals surface area contributed by atoms with E-state index >= 15 is 0 Å². The molecule has 0 bridgehead atoms. The standard InChI is InChI=1S/C24H28N4O2/c1-17-15-20(28-13-11-27(3)12-14-28)9-10-21(17)25-23(29)16-22-18(2)30-24(26-22)19-7-5-4-6-8-19/h4-10,15H,11-14,16H2,1-3H3,(H,25,29). The van der Waals surface area contributed by atoms with E-state index in [2.05, 4.69) is 39.3 Å². The molecule has 0 radical (unpaired) electrons. The molecule has 1 aromatic heterocycles. The van der Waals surface area contributed by atoms with Crippen LogP contribution in [0.5, 0.6) is 0 Å². The van der Waals surface area contributed by atoms with Crippen molar-refractivity contribution < 1.29 is 9.21 Å². The van der Waals surface area contributed by atoms with Crippen molar-refractivity contribution >= 4 is 17.3 Å². The van der Waals surface area contributed by atoms with E-state index in [9.17, 15) is 4.79 Å². The van der Waals surface area contributed by atoms with Crippen LogP contribution in [0.15, 0.2) is 52.9 Å². The number of nitrogens with zero attached hydrogens (tertiary/aromatic N) is 3. The fraction of sp³-hybridized carbons (Fsp3) is 0.333. The normalized spacial score (nSPS) is 14.7.